The minimum absolute atomic E-state index is 0.00781. The van der Waals surface area contributed by atoms with Crippen LogP contribution in [0.4, 0.5) is 17.5 Å². The average Bonchev–Trinajstić information content (AvgIpc) is 3.04. The molecule has 0 unspecified atom stereocenters. The van der Waals surface area contributed by atoms with Crippen LogP contribution < -0.4 is 10.6 Å². The second-order valence-corrected chi connectivity index (χ2v) is 6.86. The van der Waals surface area contributed by atoms with E-state index in [0.29, 0.717) is 17.3 Å². The number of nitrogens with zero attached hydrogens (tertiary/aromatic N) is 5. The van der Waals surface area contributed by atoms with Crippen molar-refractivity contribution >= 4 is 28.6 Å². The minimum Gasteiger partial charge on any atom is -0.394 e. The third-order valence-corrected chi connectivity index (χ3v) is 4.22. The van der Waals surface area contributed by atoms with Crippen LogP contribution in [-0.2, 0) is 0 Å². The van der Waals surface area contributed by atoms with Gasteiger partial charge >= 0.3 is 0 Å². The van der Waals surface area contributed by atoms with Crippen LogP contribution in [0.1, 0.15) is 33.7 Å². The van der Waals surface area contributed by atoms with Crippen molar-refractivity contribution in [3.05, 3.63) is 30.9 Å². The smallest absolute Gasteiger partial charge is 0.227 e. The Kier molecular flexibility index (Phi) is 5.32. The Balaban J connectivity index is 2.06. The minimum atomic E-state index is -0.130. The molecule has 3 aromatic rings. The molecule has 0 saturated carbocycles. The number of hydrogen-bond donors (Lipinski definition) is 3. The van der Waals surface area contributed by atoms with Crippen molar-refractivity contribution in [1.82, 2.24) is 24.5 Å². The third-order valence-electron chi connectivity index (χ3n) is 4.22. The maximum atomic E-state index is 9.62. The molecular weight excluding hydrogens is 330 g/mol. The molecule has 0 aromatic carbocycles. The lowest BCUT2D eigenvalue weighted by atomic mass is 10.1. The van der Waals surface area contributed by atoms with Crippen LogP contribution in [-0.4, -0.2) is 42.3 Å². The first-order chi connectivity index (χ1) is 12.5. The zero-order chi connectivity index (χ0) is 18.7. The normalized spacial score (nSPS) is 12.7. The van der Waals surface area contributed by atoms with Crippen molar-refractivity contribution in [2.75, 3.05) is 17.2 Å². The molecule has 0 amide bonds. The SMILES string of the molecule is CC(C)[C@H](CO)Nc1nc(Nc2cccnc2)c2ncn(C(C)C)c2n1. The number of aromatic nitrogens is 5. The molecule has 3 N–H and O–H groups in total. The summed E-state index contributed by atoms with van der Waals surface area (Å²) in [6, 6.07) is 3.85. The molecule has 138 valence electrons. The molecule has 1 atom stereocenters. The van der Waals surface area contributed by atoms with E-state index in [9.17, 15) is 5.11 Å². The molecule has 8 nitrogen and oxygen atoms in total. The summed E-state index contributed by atoms with van der Waals surface area (Å²) in [5.41, 5.74) is 2.25. The number of nitrogens with one attached hydrogen (secondary N) is 2. The van der Waals surface area contributed by atoms with Crippen LogP contribution in [0, 0.1) is 5.92 Å². The summed E-state index contributed by atoms with van der Waals surface area (Å²) >= 11 is 0. The highest BCUT2D eigenvalue weighted by molar-refractivity contribution is 5.86. The van der Waals surface area contributed by atoms with Crippen LogP contribution in [0.25, 0.3) is 11.2 Å². The molecule has 0 aliphatic rings. The van der Waals surface area contributed by atoms with E-state index in [1.165, 1.54) is 0 Å². The van der Waals surface area contributed by atoms with Gasteiger partial charge in [-0.25, -0.2) is 4.98 Å². The maximum Gasteiger partial charge on any atom is 0.227 e. The fraction of sp³-hybridized carbons (Fsp3) is 0.444. The fourth-order valence-corrected chi connectivity index (χ4v) is 2.61. The maximum absolute atomic E-state index is 9.62. The number of aliphatic hydroxyl groups excluding tert-OH is 1. The number of imidazole rings is 1. The predicted octanol–water partition coefficient (Wildman–Crippen LogP) is 2.97. The summed E-state index contributed by atoms with van der Waals surface area (Å²) in [5.74, 6) is 1.30. The quantitative estimate of drug-likeness (QED) is 0.599. The number of anilines is 3. The van der Waals surface area contributed by atoms with Crippen LogP contribution in [0.5, 0.6) is 0 Å². The summed E-state index contributed by atoms with van der Waals surface area (Å²) in [5, 5.41) is 16.1. The summed E-state index contributed by atoms with van der Waals surface area (Å²) < 4.78 is 2.00. The molecule has 26 heavy (non-hydrogen) atoms. The largest absolute Gasteiger partial charge is 0.394 e. The summed E-state index contributed by atoms with van der Waals surface area (Å²) in [4.78, 5) is 17.8. The molecule has 3 heterocycles. The lowest BCUT2D eigenvalue weighted by Crippen LogP contribution is -2.30. The monoisotopic (exact) mass is 355 g/mol. The Morgan fingerprint density at radius 1 is 1.19 bits per heavy atom. The second kappa shape index (κ2) is 7.65. The molecule has 0 radical (unpaired) electrons. The van der Waals surface area contributed by atoms with Crippen molar-refractivity contribution in [3.63, 3.8) is 0 Å². The van der Waals surface area contributed by atoms with Gasteiger partial charge in [0, 0.05) is 12.2 Å². The molecule has 3 aromatic heterocycles. The van der Waals surface area contributed by atoms with Gasteiger partial charge in [0.25, 0.3) is 0 Å². The lowest BCUT2D eigenvalue weighted by molar-refractivity contribution is 0.248. The van der Waals surface area contributed by atoms with Gasteiger partial charge in [0.1, 0.15) is 0 Å². The molecule has 0 aliphatic heterocycles. The standard InChI is InChI=1S/C18H25N7O/c1-11(2)14(9-26)22-18-23-16(21-13-6-5-7-19-8-13)15-17(24-18)25(10-20-15)12(3)4/h5-8,10-12,14,26H,9H2,1-4H3,(H2,21,22,23,24)/t14-/m0/s1. The zero-order valence-corrected chi connectivity index (χ0v) is 15.5. The van der Waals surface area contributed by atoms with E-state index in [1.54, 1.807) is 18.7 Å². The molecule has 0 spiro atoms. The van der Waals surface area contributed by atoms with Gasteiger partial charge in [-0.3, -0.25) is 4.98 Å². The molecule has 0 aliphatic carbocycles. The van der Waals surface area contributed by atoms with Gasteiger partial charge in [0.2, 0.25) is 5.95 Å². The molecule has 0 bridgehead atoms. The highest BCUT2D eigenvalue weighted by Crippen LogP contribution is 2.26. The average molecular weight is 355 g/mol. The van der Waals surface area contributed by atoms with Crippen molar-refractivity contribution in [2.24, 2.45) is 5.92 Å². The van der Waals surface area contributed by atoms with Gasteiger partial charge in [-0.05, 0) is 31.9 Å². The molecule has 0 fully saturated rings. The van der Waals surface area contributed by atoms with Crippen LogP contribution in [0.2, 0.25) is 0 Å². The zero-order valence-electron chi connectivity index (χ0n) is 15.5. The predicted molar refractivity (Wildman–Crippen MR) is 103 cm³/mol. The first kappa shape index (κ1) is 18.1. The van der Waals surface area contributed by atoms with Gasteiger partial charge < -0.3 is 20.3 Å². The number of pyridine rings is 1. The summed E-state index contributed by atoms with van der Waals surface area (Å²) in [7, 11) is 0. The molecule has 3 rings (SSSR count). The highest BCUT2D eigenvalue weighted by Gasteiger charge is 2.18. The Labute approximate surface area is 152 Å². The number of hydrogen-bond acceptors (Lipinski definition) is 7. The van der Waals surface area contributed by atoms with Crippen LogP contribution in [0.3, 0.4) is 0 Å². The topological polar surface area (TPSA) is 101 Å². The number of rotatable bonds is 7. The van der Waals surface area contributed by atoms with E-state index in [4.69, 9.17) is 0 Å². The van der Waals surface area contributed by atoms with Gasteiger partial charge in [-0.2, -0.15) is 9.97 Å². The Morgan fingerprint density at radius 3 is 2.62 bits per heavy atom. The van der Waals surface area contributed by atoms with Crippen molar-refractivity contribution in [1.29, 1.82) is 0 Å². The van der Waals surface area contributed by atoms with Crippen molar-refractivity contribution in [2.45, 2.75) is 39.8 Å². The van der Waals surface area contributed by atoms with Crippen molar-refractivity contribution < 1.29 is 5.11 Å². The van der Waals surface area contributed by atoms with E-state index < -0.39 is 0 Å². The number of fused-ring (bicyclic) bond motifs is 1. The highest BCUT2D eigenvalue weighted by atomic mass is 16.3. The Hall–Kier alpha value is -2.74. The summed E-state index contributed by atoms with van der Waals surface area (Å²) in [6.07, 6.45) is 5.22. The first-order valence-corrected chi connectivity index (χ1v) is 8.78. The van der Waals surface area contributed by atoms with Gasteiger partial charge in [-0.1, -0.05) is 13.8 Å². The molecule has 8 heteroatoms. The van der Waals surface area contributed by atoms with E-state index in [2.05, 4.69) is 44.4 Å². The number of aliphatic hydroxyl groups is 1. The van der Waals surface area contributed by atoms with E-state index in [1.807, 2.05) is 30.5 Å². The van der Waals surface area contributed by atoms with Gasteiger partial charge in [0.05, 0.1) is 30.9 Å². The molecule has 0 saturated heterocycles. The first-order valence-electron chi connectivity index (χ1n) is 8.78. The van der Waals surface area contributed by atoms with E-state index in [0.717, 1.165) is 11.3 Å². The fourth-order valence-electron chi connectivity index (χ4n) is 2.61. The van der Waals surface area contributed by atoms with Gasteiger partial charge in [-0.15, -0.1) is 0 Å². The Bertz CT molecular complexity index is 861. The van der Waals surface area contributed by atoms with E-state index >= 15 is 0 Å². The van der Waals surface area contributed by atoms with E-state index in [-0.39, 0.29) is 24.6 Å². The third kappa shape index (κ3) is 3.75. The van der Waals surface area contributed by atoms with Crippen molar-refractivity contribution in [3.8, 4) is 0 Å². The molecular formula is C18H25N7O. The van der Waals surface area contributed by atoms with Gasteiger partial charge in [0.15, 0.2) is 17.0 Å². The van der Waals surface area contributed by atoms with Crippen LogP contribution in [0.15, 0.2) is 30.9 Å². The van der Waals surface area contributed by atoms with Crippen LogP contribution >= 0.6 is 0 Å². The second-order valence-electron chi connectivity index (χ2n) is 6.86. The Morgan fingerprint density at radius 2 is 2.00 bits per heavy atom. The lowest BCUT2D eigenvalue weighted by Gasteiger charge is -2.20. The summed E-state index contributed by atoms with van der Waals surface area (Å²) in [6.45, 7) is 8.25.